The van der Waals surface area contributed by atoms with Gasteiger partial charge in [-0.1, -0.05) is 0 Å². The van der Waals surface area contributed by atoms with Gasteiger partial charge in [0.15, 0.2) is 11.6 Å². The van der Waals surface area contributed by atoms with Crippen LogP contribution in [0.2, 0.25) is 0 Å². The zero-order valence-corrected chi connectivity index (χ0v) is 13.0. The molecule has 0 bridgehead atoms. The van der Waals surface area contributed by atoms with Crippen molar-refractivity contribution in [3.05, 3.63) is 39.8 Å². The van der Waals surface area contributed by atoms with E-state index in [1.165, 1.54) is 16.5 Å². The predicted molar refractivity (Wildman–Crippen MR) is 85.6 cm³/mol. The molecule has 0 atom stereocenters. The molecule has 1 aliphatic rings. The summed E-state index contributed by atoms with van der Waals surface area (Å²) in [6, 6.07) is 5.23. The predicted octanol–water partition coefficient (Wildman–Crippen LogP) is 3.82. The van der Waals surface area contributed by atoms with Crippen molar-refractivity contribution in [2.75, 3.05) is 17.2 Å². The van der Waals surface area contributed by atoms with Gasteiger partial charge in [-0.05, 0) is 37.3 Å². The topological polar surface area (TPSA) is 38.5 Å². The minimum Gasteiger partial charge on any atom is -0.488 e. The van der Waals surface area contributed by atoms with Crippen molar-refractivity contribution in [2.24, 2.45) is 0 Å². The molecule has 0 saturated heterocycles. The summed E-state index contributed by atoms with van der Waals surface area (Å²) in [6.07, 6.45) is 0.935. The molecule has 2 heterocycles. The first-order valence-electron chi connectivity index (χ1n) is 7.10. The lowest BCUT2D eigenvalue weighted by Gasteiger charge is -2.30. The van der Waals surface area contributed by atoms with Crippen LogP contribution in [0.15, 0.2) is 23.6 Å². The molecular weight excluding hydrogens is 287 g/mol. The standard InChI is InChI=1S/C16H19FN2OS/c1-10(2)20-15-8-14(13(18)7-12(15)17)19-5-3-16-11(9-19)4-6-21-16/h4,6-8,10H,3,5,9,18H2,1-2H3. The fourth-order valence-electron chi connectivity index (χ4n) is 2.63. The summed E-state index contributed by atoms with van der Waals surface area (Å²) in [4.78, 5) is 3.63. The van der Waals surface area contributed by atoms with Crippen molar-refractivity contribution in [1.29, 1.82) is 0 Å². The van der Waals surface area contributed by atoms with Crippen LogP contribution in [0, 0.1) is 5.82 Å². The highest BCUT2D eigenvalue weighted by atomic mass is 32.1. The van der Waals surface area contributed by atoms with Gasteiger partial charge in [-0.15, -0.1) is 11.3 Å². The molecule has 0 radical (unpaired) electrons. The number of halogens is 1. The van der Waals surface area contributed by atoms with Crippen LogP contribution in [0.4, 0.5) is 15.8 Å². The second-order valence-corrected chi connectivity index (χ2v) is 6.55. The molecule has 0 fully saturated rings. The second-order valence-electron chi connectivity index (χ2n) is 5.55. The van der Waals surface area contributed by atoms with E-state index in [1.54, 1.807) is 17.4 Å². The Balaban J connectivity index is 1.91. The summed E-state index contributed by atoms with van der Waals surface area (Å²) in [7, 11) is 0. The first-order valence-corrected chi connectivity index (χ1v) is 7.98. The Labute approximate surface area is 128 Å². The molecule has 1 aromatic heterocycles. The quantitative estimate of drug-likeness (QED) is 0.876. The maximum atomic E-state index is 13.9. The zero-order valence-electron chi connectivity index (χ0n) is 12.2. The Kier molecular flexibility index (Phi) is 3.76. The van der Waals surface area contributed by atoms with E-state index >= 15 is 0 Å². The highest BCUT2D eigenvalue weighted by Gasteiger charge is 2.21. The van der Waals surface area contributed by atoms with Crippen molar-refractivity contribution < 1.29 is 9.13 Å². The first-order chi connectivity index (χ1) is 10.0. The van der Waals surface area contributed by atoms with E-state index in [2.05, 4.69) is 16.3 Å². The van der Waals surface area contributed by atoms with Crippen molar-refractivity contribution in [3.63, 3.8) is 0 Å². The average molecular weight is 306 g/mol. The van der Waals surface area contributed by atoms with E-state index in [0.29, 0.717) is 5.69 Å². The van der Waals surface area contributed by atoms with Gasteiger partial charge in [-0.3, -0.25) is 0 Å². The van der Waals surface area contributed by atoms with Crippen LogP contribution < -0.4 is 15.4 Å². The minimum absolute atomic E-state index is 0.0687. The molecule has 5 heteroatoms. The molecule has 0 amide bonds. The van der Waals surface area contributed by atoms with Crippen molar-refractivity contribution in [1.82, 2.24) is 0 Å². The third-order valence-electron chi connectivity index (χ3n) is 3.59. The number of hydrogen-bond donors (Lipinski definition) is 1. The Hall–Kier alpha value is -1.75. The number of rotatable bonds is 3. The van der Waals surface area contributed by atoms with Gasteiger partial charge < -0.3 is 15.4 Å². The number of benzene rings is 1. The van der Waals surface area contributed by atoms with Gasteiger partial charge in [-0.2, -0.15) is 0 Å². The first kappa shape index (κ1) is 14.2. The van der Waals surface area contributed by atoms with E-state index in [-0.39, 0.29) is 11.9 Å². The summed E-state index contributed by atoms with van der Waals surface area (Å²) >= 11 is 1.80. The van der Waals surface area contributed by atoms with Crippen molar-refractivity contribution >= 4 is 22.7 Å². The number of nitrogens with zero attached hydrogens (tertiary/aromatic N) is 1. The van der Waals surface area contributed by atoms with Crippen LogP contribution in [0.1, 0.15) is 24.3 Å². The lowest BCUT2D eigenvalue weighted by molar-refractivity contribution is 0.231. The molecule has 2 N–H and O–H groups in total. The van der Waals surface area contributed by atoms with E-state index in [1.807, 2.05) is 13.8 Å². The lowest BCUT2D eigenvalue weighted by Crippen LogP contribution is -2.30. The average Bonchev–Trinajstić information content (AvgIpc) is 2.88. The number of thiophene rings is 1. The Morgan fingerprint density at radius 3 is 2.95 bits per heavy atom. The van der Waals surface area contributed by atoms with Crippen LogP contribution in [0.25, 0.3) is 0 Å². The summed E-state index contributed by atoms with van der Waals surface area (Å²) in [5, 5.41) is 2.12. The number of anilines is 2. The van der Waals surface area contributed by atoms with Crippen LogP contribution in [-0.2, 0) is 13.0 Å². The number of nitrogens with two attached hydrogens (primary N) is 1. The van der Waals surface area contributed by atoms with Gasteiger partial charge >= 0.3 is 0 Å². The highest BCUT2D eigenvalue weighted by molar-refractivity contribution is 7.10. The lowest BCUT2D eigenvalue weighted by atomic mass is 10.1. The van der Waals surface area contributed by atoms with Crippen LogP contribution in [-0.4, -0.2) is 12.6 Å². The number of ether oxygens (including phenoxy) is 1. The molecule has 1 aliphatic heterocycles. The van der Waals surface area contributed by atoms with Crippen molar-refractivity contribution in [3.8, 4) is 5.75 Å². The molecule has 2 aromatic rings. The fourth-order valence-corrected chi connectivity index (χ4v) is 3.52. The molecule has 3 rings (SSSR count). The van der Waals surface area contributed by atoms with Gasteiger partial charge in [-0.25, -0.2) is 4.39 Å². The maximum absolute atomic E-state index is 13.9. The van der Waals surface area contributed by atoms with Crippen LogP contribution in [0.5, 0.6) is 5.75 Å². The molecular formula is C16H19FN2OS. The second kappa shape index (κ2) is 5.56. The van der Waals surface area contributed by atoms with E-state index < -0.39 is 5.82 Å². The van der Waals surface area contributed by atoms with Gasteiger partial charge in [0.1, 0.15) is 0 Å². The van der Waals surface area contributed by atoms with Crippen LogP contribution >= 0.6 is 11.3 Å². The maximum Gasteiger partial charge on any atom is 0.167 e. The monoisotopic (exact) mass is 306 g/mol. The Morgan fingerprint density at radius 1 is 1.38 bits per heavy atom. The molecule has 0 unspecified atom stereocenters. The summed E-state index contributed by atoms with van der Waals surface area (Å²) in [6.45, 7) is 5.47. The van der Waals surface area contributed by atoms with E-state index in [9.17, 15) is 4.39 Å². The summed E-state index contributed by atoms with van der Waals surface area (Å²) in [5.41, 5.74) is 8.66. The molecule has 21 heavy (non-hydrogen) atoms. The number of fused-ring (bicyclic) bond motifs is 1. The Bertz CT molecular complexity index is 654. The van der Waals surface area contributed by atoms with Crippen molar-refractivity contribution in [2.45, 2.75) is 32.9 Å². The Morgan fingerprint density at radius 2 is 2.19 bits per heavy atom. The fraction of sp³-hybridized carbons (Fsp3) is 0.375. The highest BCUT2D eigenvalue weighted by Crippen LogP contribution is 2.35. The molecule has 0 aliphatic carbocycles. The zero-order chi connectivity index (χ0) is 15.0. The third-order valence-corrected chi connectivity index (χ3v) is 4.62. The third kappa shape index (κ3) is 2.83. The summed E-state index contributed by atoms with van der Waals surface area (Å²) < 4.78 is 19.5. The van der Waals surface area contributed by atoms with Gasteiger partial charge in [0.2, 0.25) is 0 Å². The SMILES string of the molecule is CC(C)Oc1cc(N2CCc3sccc3C2)c(N)cc1F. The van der Waals surface area contributed by atoms with E-state index in [0.717, 1.165) is 25.2 Å². The van der Waals surface area contributed by atoms with Crippen LogP contribution in [0.3, 0.4) is 0 Å². The smallest absolute Gasteiger partial charge is 0.167 e. The van der Waals surface area contributed by atoms with Gasteiger partial charge in [0.05, 0.1) is 17.5 Å². The summed E-state index contributed by atoms with van der Waals surface area (Å²) in [5.74, 6) is -0.136. The largest absolute Gasteiger partial charge is 0.488 e. The molecule has 1 aromatic carbocycles. The molecule has 0 spiro atoms. The minimum atomic E-state index is -0.404. The van der Waals surface area contributed by atoms with Gasteiger partial charge in [0.25, 0.3) is 0 Å². The molecule has 0 saturated carbocycles. The normalized spacial score (nSPS) is 14.4. The number of hydrogen-bond acceptors (Lipinski definition) is 4. The number of nitrogen functional groups attached to an aromatic ring is 1. The molecule has 3 nitrogen and oxygen atoms in total. The molecule has 112 valence electrons. The van der Waals surface area contributed by atoms with E-state index in [4.69, 9.17) is 10.5 Å². The van der Waals surface area contributed by atoms with Gasteiger partial charge in [0, 0.05) is 30.1 Å².